The molecular weight excluding hydrogens is 483 g/mol. The van der Waals surface area contributed by atoms with E-state index < -0.39 is 27.8 Å². The Kier molecular flexibility index (Phi) is 5.94. The number of fused-ring (bicyclic) bond motifs is 2. The first-order valence-electron chi connectivity index (χ1n) is 10.8. The molecule has 0 spiro atoms. The molecule has 1 aliphatic heterocycles. The summed E-state index contributed by atoms with van der Waals surface area (Å²) in [6.07, 6.45) is -4.07. The van der Waals surface area contributed by atoms with Gasteiger partial charge in [0.05, 0.1) is 23.7 Å². The zero-order chi connectivity index (χ0) is 24.6. The molecule has 1 atom stereocenters. The molecule has 0 radical (unpaired) electrons. The number of hydrogen-bond donors (Lipinski definition) is 1. The largest absolute Gasteiger partial charge is 0.490 e. The minimum atomic E-state index is -4.71. The minimum absolute atomic E-state index is 0.0285. The molecule has 5 rings (SSSR count). The maximum absolute atomic E-state index is 13.9. The van der Waals surface area contributed by atoms with Crippen molar-refractivity contribution in [1.29, 1.82) is 0 Å². The average Bonchev–Trinajstić information content (AvgIpc) is 3.12. The van der Waals surface area contributed by atoms with Gasteiger partial charge in [0, 0.05) is 17.9 Å². The lowest BCUT2D eigenvalue weighted by Gasteiger charge is -2.21. The predicted octanol–water partition coefficient (Wildman–Crippen LogP) is 5.68. The molecule has 10 heteroatoms. The highest BCUT2D eigenvalue weighted by Gasteiger charge is 2.37. The second-order valence-electron chi connectivity index (χ2n) is 7.98. The molecule has 0 saturated heterocycles. The molecule has 0 saturated carbocycles. The second kappa shape index (κ2) is 8.94. The number of ether oxygens (including phenoxy) is 2. The molecule has 0 unspecified atom stereocenters. The van der Waals surface area contributed by atoms with Crippen LogP contribution in [-0.2, 0) is 16.2 Å². The molecule has 2 heterocycles. The summed E-state index contributed by atoms with van der Waals surface area (Å²) >= 11 is 0. The smallest absolute Gasteiger partial charge is 0.416 e. The van der Waals surface area contributed by atoms with Crippen LogP contribution in [0.3, 0.4) is 0 Å². The van der Waals surface area contributed by atoms with Crippen LogP contribution in [0.15, 0.2) is 82.1 Å². The molecule has 0 amide bonds. The second-order valence-corrected chi connectivity index (χ2v) is 9.70. The highest BCUT2D eigenvalue weighted by molar-refractivity contribution is 7.89. The van der Waals surface area contributed by atoms with Crippen molar-refractivity contribution in [3.63, 3.8) is 0 Å². The summed E-state index contributed by atoms with van der Waals surface area (Å²) in [6, 6.07) is 15.8. The predicted molar refractivity (Wildman–Crippen MR) is 122 cm³/mol. The first-order valence-corrected chi connectivity index (χ1v) is 12.3. The SMILES string of the molecule is O=S(=O)(N[C@H](c1cc2ccccc2o1)c1ccccc1C(F)(F)F)c1ccc2c(c1)OCCCO2. The van der Waals surface area contributed by atoms with Gasteiger partial charge in [0.15, 0.2) is 11.5 Å². The third kappa shape index (κ3) is 4.71. The Morgan fingerprint density at radius 2 is 1.57 bits per heavy atom. The summed E-state index contributed by atoms with van der Waals surface area (Å²) in [7, 11) is -4.31. The normalized spacial score (nSPS) is 15.1. The first kappa shape index (κ1) is 23.3. The topological polar surface area (TPSA) is 77.8 Å². The number of benzene rings is 3. The lowest BCUT2D eigenvalue weighted by molar-refractivity contribution is -0.138. The Morgan fingerprint density at radius 3 is 2.34 bits per heavy atom. The van der Waals surface area contributed by atoms with Crippen molar-refractivity contribution in [2.45, 2.75) is 23.5 Å². The van der Waals surface area contributed by atoms with Gasteiger partial charge >= 0.3 is 6.18 Å². The molecule has 4 aromatic rings. The molecule has 1 N–H and O–H groups in total. The maximum Gasteiger partial charge on any atom is 0.416 e. The molecule has 0 aliphatic carbocycles. The van der Waals surface area contributed by atoms with E-state index in [0.717, 1.165) is 6.07 Å². The summed E-state index contributed by atoms with van der Waals surface area (Å²) in [5.74, 6) is 0.680. The van der Waals surface area contributed by atoms with Gasteiger partial charge in [-0.2, -0.15) is 17.9 Å². The van der Waals surface area contributed by atoms with E-state index in [-0.39, 0.29) is 22.0 Å². The van der Waals surface area contributed by atoms with Gasteiger partial charge < -0.3 is 13.9 Å². The Balaban J connectivity index is 1.61. The van der Waals surface area contributed by atoms with E-state index in [1.165, 1.54) is 42.5 Å². The van der Waals surface area contributed by atoms with Gasteiger partial charge in [0.2, 0.25) is 10.0 Å². The third-order valence-corrected chi connectivity index (χ3v) is 7.03. The fourth-order valence-corrected chi connectivity index (χ4v) is 5.16. The van der Waals surface area contributed by atoms with Gasteiger partial charge in [-0.05, 0) is 35.9 Å². The number of para-hydroxylation sites is 1. The van der Waals surface area contributed by atoms with Gasteiger partial charge in [0.25, 0.3) is 0 Å². The Hall–Kier alpha value is -3.50. The van der Waals surface area contributed by atoms with Crippen molar-refractivity contribution in [2.24, 2.45) is 0 Å². The van der Waals surface area contributed by atoms with Gasteiger partial charge in [-0.1, -0.05) is 36.4 Å². The van der Waals surface area contributed by atoms with Crippen molar-refractivity contribution < 1.29 is 35.5 Å². The van der Waals surface area contributed by atoms with Crippen LogP contribution < -0.4 is 14.2 Å². The van der Waals surface area contributed by atoms with E-state index in [2.05, 4.69) is 4.72 Å². The average molecular weight is 503 g/mol. The zero-order valence-electron chi connectivity index (χ0n) is 18.2. The highest BCUT2D eigenvalue weighted by atomic mass is 32.2. The lowest BCUT2D eigenvalue weighted by atomic mass is 9.98. The molecule has 0 fully saturated rings. The van der Waals surface area contributed by atoms with Crippen molar-refractivity contribution in [3.8, 4) is 11.5 Å². The number of nitrogens with one attached hydrogen (secondary N) is 1. The summed E-state index contributed by atoms with van der Waals surface area (Å²) in [4.78, 5) is -0.174. The fraction of sp³-hybridized carbons (Fsp3) is 0.200. The number of rotatable bonds is 5. The molecule has 3 aromatic carbocycles. The van der Waals surface area contributed by atoms with E-state index >= 15 is 0 Å². The number of furan rings is 1. The van der Waals surface area contributed by atoms with Crippen molar-refractivity contribution in [1.82, 2.24) is 4.72 Å². The van der Waals surface area contributed by atoms with Crippen LogP contribution in [0, 0.1) is 0 Å². The number of sulfonamides is 1. The van der Waals surface area contributed by atoms with E-state index in [4.69, 9.17) is 13.9 Å². The van der Waals surface area contributed by atoms with Crippen LogP contribution in [0.2, 0.25) is 0 Å². The Bertz CT molecular complexity index is 1450. The molecule has 35 heavy (non-hydrogen) atoms. The molecular formula is C25H20F3NO5S. The molecule has 6 nitrogen and oxygen atoms in total. The maximum atomic E-state index is 13.9. The molecule has 1 aliphatic rings. The van der Waals surface area contributed by atoms with Crippen LogP contribution in [0.5, 0.6) is 11.5 Å². The monoisotopic (exact) mass is 503 g/mol. The quantitative estimate of drug-likeness (QED) is 0.379. The first-order chi connectivity index (χ1) is 16.7. The summed E-state index contributed by atoms with van der Waals surface area (Å²) in [5, 5.41) is 0.631. The summed E-state index contributed by atoms with van der Waals surface area (Å²) in [6.45, 7) is 0.782. The van der Waals surface area contributed by atoms with Crippen LogP contribution in [0.25, 0.3) is 11.0 Å². The van der Waals surface area contributed by atoms with Gasteiger partial charge in [-0.25, -0.2) is 8.42 Å². The zero-order valence-corrected chi connectivity index (χ0v) is 19.0. The Labute approximate surface area is 199 Å². The van der Waals surface area contributed by atoms with E-state index in [1.807, 2.05) is 0 Å². The molecule has 1 aromatic heterocycles. The van der Waals surface area contributed by atoms with Gasteiger partial charge in [0.1, 0.15) is 17.4 Å². The molecule has 182 valence electrons. The molecule has 0 bridgehead atoms. The lowest BCUT2D eigenvalue weighted by Crippen LogP contribution is -2.30. The minimum Gasteiger partial charge on any atom is -0.490 e. The summed E-state index contributed by atoms with van der Waals surface area (Å²) < 4.78 is 87.8. The number of alkyl halides is 3. The highest BCUT2D eigenvalue weighted by Crippen LogP contribution is 2.39. The van der Waals surface area contributed by atoms with Crippen LogP contribution in [-0.4, -0.2) is 21.6 Å². The Morgan fingerprint density at radius 1 is 0.857 bits per heavy atom. The number of hydrogen-bond acceptors (Lipinski definition) is 5. The van der Waals surface area contributed by atoms with Crippen molar-refractivity contribution in [2.75, 3.05) is 13.2 Å². The number of halogens is 3. The van der Waals surface area contributed by atoms with Gasteiger partial charge in [-0.3, -0.25) is 0 Å². The fourth-order valence-electron chi connectivity index (χ4n) is 3.96. The van der Waals surface area contributed by atoms with Gasteiger partial charge in [-0.15, -0.1) is 0 Å². The van der Waals surface area contributed by atoms with Crippen LogP contribution >= 0.6 is 0 Å². The van der Waals surface area contributed by atoms with E-state index in [0.29, 0.717) is 36.4 Å². The van der Waals surface area contributed by atoms with Crippen molar-refractivity contribution >= 4 is 21.0 Å². The van der Waals surface area contributed by atoms with E-state index in [1.54, 1.807) is 24.3 Å². The summed E-state index contributed by atoms with van der Waals surface area (Å²) in [5.41, 5.74) is -0.824. The van der Waals surface area contributed by atoms with Crippen molar-refractivity contribution in [3.05, 3.63) is 89.7 Å². The standard InChI is InChI=1S/C25H20F3NO5S/c26-25(27,28)19-8-3-2-7-18(19)24(23-14-16-6-1-4-9-20(16)34-23)29-35(30,31)17-10-11-21-22(15-17)33-13-5-12-32-21/h1-4,6-11,14-15,24,29H,5,12-13H2/t24-/m0/s1. The van der Waals surface area contributed by atoms with Crippen LogP contribution in [0.4, 0.5) is 13.2 Å². The van der Waals surface area contributed by atoms with Crippen LogP contribution in [0.1, 0.15) is 29.3 Å². The van der Waals surface area contributed by atoms with E-state index in [9.17, 15) is 21.6 Å². The third-order valence-electron chi connectivity index (χ3n) is 5.61.